The van der Waals surface area contributed by atoms with Crippen LogP contribution in [0.5, 0.6) is 0 Å². The SMILES string of the molecule is CCCOC(=O)/C(Br)=C\C1C(C(=O)O)C1(C)C. The summed E-state index contributed by atoms with van der Waals surface area (Å²) in [5.74, 6) is -1.80. The molecule has 0 aromatic heterocycles. The number of ether oxygens (including phenoxy) is 1. The molecule has 0 radical (unpaired) electrons. The van der Waals surface area contributed by atoms with Gasteiger partial charge in [-0.1, -0.05) is 26.8 Å². The van der Waals surface area contributed by atoms with Gasteiger partial charge < -0.3 is 9.84 Å². The Morgan fingerprint density at radius 2 is 2.06 bits per heavy atom. The summed E-state index contributed by atoms with van der Waals surface area (Å²) >= 11 is 3.14. The van der Waals surface area contributed by atoms with E-state index in [1.54, 1.807) is 6.08 Å². The van der Waals surface area contributed by atoms with E-state index in [9.17, 15) is 9.59 Å². The summed E-state index contributed by atoms with van der Waals surface area (Å²) in [5, 5.41) is 8.99. The monoisotopic (exact) mass is 304 g/mol. The molecule has 1 aliphatic rings. The Kier molecular flexibility index (Phi) is 4.36. The minimum absolute atomic E-state index is 0.122. The van der Waals surface area contributed by atoms with Gasteiger partial charge >= 0.3 is 11.9 Å². The third-order valence-electron chi connectivity index (χ3n) is 3.13. The highest BCUT2D eigenvalue weighted by Crippen LogP contribution is 2.59. The van der Waals surface area contributed by atoms with Crippen molar-refractivity contribution in [3.63, 3.8) is 0 Å². The normalized spacial score (nSPS) is 26.5. The Hall–Kier alpha value is -0.840. The van der Waals surface area contributed by atoms with Gasteiger partial charge in [0.2, 0.25) is 0 Å². The lowest BCUT2D eigenvalue weighted by atomic mass is 10.1. The van der Waals surface area contributed by atoms with Crippen LogP contribution in [0.25, 0.3) is 0 Å². The van der Waals surface area contributed by atoms with Crippen LogP contribution in [0.2, 0.25) is 0 Å². The number of carbonyl (C=O) groups excluding carboxylic acids is 1. The van der Waals surface area contributed by atoms with Crippen LogP contribution in [0, 0.1) is 17.3 Å². The predicted octanol–water partition coefficient (Wildman–Crippen LogP) is 2.58. The molecule has 1 aliphatic carbocycles. The van der Waals surface area contributed by atoms with Crippen LogP contribution < -0.4 is 0 Å². The van der Waals surface area contributed by atoms with Crippen LogP contribution in [-0.2, 0) is 14.3 Å². The molecule has 96 valence electrons. The number of allylic oxidation sites excluding steroid dienone is 1. The van der Waals surface area contributed by atoms with Gasteiger partial charge in [-0.3, -0.25) is 4.79 Å². The first-order chi connectivity index (χ1) is 7.82. The molecule has 2 unspecified atom stereocenters. The average molecular weight is 305 g/mol. The Bertz CT molecular complexity index is 360. The van der Waals surface area contributed by atoms with Crippen molar-refractivity contribution in [2.75, 3.05) is 6.61 Å². The molecule has 4 nitrogen and oxygen atoms in total. The van der Waals surface area contributed by atoms with Gasteiger partial charge in [-0.05, 0) is 33.7 Å². The summed E-state index contributed by atoms with van der Waals surface area (Å²) < 4.78 is 5.26. The zero-order valence-electron chi connectivity index (χ0n) is 10.2. The second-order valence-corrected chi connectivity index (χ2v) is 5.67. The Labute approximate surface area is 109 Å². The summed E-state index contributed by atoms with van der Waals surface area (Å²) in [4.78, 5) is 22.4. The smallest absolute Gasteiger partial charge is 0.344 e. The molecular formula is C12H17BrO4. The predicted molar refractivity (Wildman–Crippen MR) is 66.7 cm³/mol. The molecule has 0 amide bonds. The molecule has 0 aromatic carbocycles. The summed E-state index contributed by atoms with van der Waals surface area (Å²) in [7, 11) is 0. The summed E-state index contributed by atoms with van der Waals surface area (Å²) in [6.07, 6.45) is 2.41. The van der Waals surface area contributed by atoms with Gasteiger partial charge in [0.25, 0.3) is 0 Å². The molecule has 0 spiro atoms. The molecule has 0 aliphatic heterocycles. The highest BCUT2D eigenvalue weighted by atomic mass is 79.9. The first-order valence-corrected chi connectivity index (χ1v) is 6.39. The number of esters is 1. The molecule has 0 saturated heterocycles. The van der Waals surface area contributed by atoms with Gasteiger partial charge in [-0.2, -0.15) is 0 Å². The number of carboxylic acid groups (broad SMARTS) is 1. The maximum absolute atomic E-state index is 11.5. The zero-order chi connectivity index (χ0) is 13.2. The number of carbonyl (C=O) groups is 2. The van der Waals surface area contributed by atoms with E-state index >= 15 is 0 Å². The standard InChI is InChI=1S/C12H17BrO4/c1-4-5-17-11(16)8(13)6-7-9(10(14)15)12(7,2)3/h6-7,9H,4-5H2,1-3H3,(H,14,15)/b8-6+. The van der Waals surface area contributed by atoms with Gasteiger partial charge in [-0.15, -0.1) is 0 Å². The van der Waals surface area contributed by atoms with E-state index in [0.717, 1.165) is 6.42 Å². The minimum Gasteiger partial charge on any atom is -0.481 e. The van der Waals surface area contributed by atoms with E-state index in [1.165, 1.54) is 0 Å². The molecule has 1 saturated carbocycles. The lowest BCUT2D eigenvalue weighted by molar-refractivity contribution is -0.140. The van der Waals surface area contributed by atoms with Crippen molar-refractivity contribution in [2.24, 2.45) is 17.3 Å². The van der Waals surface area contributed by atoms with Gasteiger partial charge in [0, 0.05) is 0 Å². The lowest BCUT2D eigenvalue weighted by Crippen LogP contribution is -2.05. The molecule has 5 heteroatoms. The van der Waals surface area contributed by atoms with Crippen LogP contribution in [0.3, 0.4) is 0 Å². The van der Waals surface area contributed by atoms with Gasteiger partial charge in [-0.25, -0.2) is 4.79 Å². The number of hydrogen-bond donors (Lipinski definition) is 1. The maximum Gasteiger partial charge on any atom is 0.344 e. The summed E-state index contributed by atoms with van der Waals surface area (Å²) in [6.45, 7) is 6.04. The molecule has 1 fully saturated rings. The molecule has 0 heterocycles. The second kappa shape index (κ2) is 5.21. The van der Waals surface area contributed by atoms with E-state index in [1.807, 2.05) is 20.8 Å². The first kappa shape index (κ1) is 14.2. The number of carboxylic acids is 1. The fourth-order valence-electron chi connectivity index (χ4n) is 1.95. The van der Waals surface area contributed by atoms with E-state index in [4.69, 9.17) is 9.84 Å². The van der Waals surface area contributed by atoms with Gasteiger partial charge in [0.15, 0.2) is 0 Å². The number of aliphatic carboxylic acids is 1. The molecule has 1 rings (SSSR count). The van der Waals surface area contributed by atoms with Crippen LogP contribution >= 0.6 is 15.9 Å². The molecule has 0 aromatic rings. The zero-order valence-corrected chi connectivity index (χ0v) is 11.8. The Morgan fingerprint density at radius 1 is 1.47 bits per heavy atom. The lowest BCUT2D eigenvalue weighted by Gasteiger charge is -2.02. The largest absolute Gasteiger partial charge is 0.481 e. The highest BCUT2D eigenvalue weighted by Gasteiger charge is 2.61. The minimum atomic E-state index is -0.821. The summed E-state index contributed by atoms with van der Waals surface area (Å²) in [6, 6.07) is 0. The average Bonchev–Trinajstić information content (AvgIpc) is 2.76. The van der Waals surface area contributed by atoms with Crippen molar-refractivity contribution < 1.29 is 19.4 Å². The maximum atomic E-state index is 11.5. The van der Waals surface area contributed by atoms with Crippen LogP contribution in [0.4, 0.5) is 0 Å². The van der Waals surface area contributed by atoms with E-state index < -0.39 is 17.9 Å². The Morgan fingerprint density at radius 3 is 2.47 bits per heavy atom. The van der Waals surface area contributed by atoms with Gasteiger partial charge in [0.05, 0.1) is 17.0 Å². The molecule has 1 N–H and O–H groups in total. The molecule has 2 atom stereocenters. The van der Waals surface area contributed by atoms with Gasteiger partial charge in [0.1, 0.15) is 0 Å². The van der Waals surface area contributed by atoms with Crippen LogP contribution in [-0.4, -0.2) is 23.7 Å². The number of hydrogen-bond acceptors (Lipinski definition) is 3. The fourth-order valence-corrected chi connectivity index (χ4v) is 2.35. The van der Waals surface area contributed by atoms with E-state index in [-0.39, 0.29) is 11.3 Å². The third-order valence-corrected chi connectivity index (χ3v) is 3.72. The molecule has 0 bridgehead atoms. The summed E-state index contributed by atoms with van der Waals surface area (Å²) in [5.41, 5.74) is -0.296. The number of halogens is 1. The van der Waals surface area contributed by atoms with Crippen LogP contribution in [0.15, 0.2) is 10.6 Å². The van der Waals surface area contributed by atoms with Crippen molar-refractivity contribution in [1.29, 1.82) is 0 Å². The second-order valence-electron chi connectivity index (χ2n) is 4.81. The highest BCUT2D eigenvalue weighted by molar-refractivity contribution is 9.12. The van der Waals surface area contributed by atoms with Crippen LogP contribution in [0.1, 0.15) is 27.2 Å². The van der Waals surface area contributed by atoms with E-state index in [0.29, 0.717) is 11.1 Å². The van der Waals surface area contributed by atoms with Crippen molar-refractivity contribution >= 4 is 27.9 Å². The van der Waals surface area contributed by atoms with Crippen molar-refractivity contribution in [2.45, 2.75) is 27.2 Å². The van der Waals surface area contributed by atoms with Crippen molar-refractivity contribution in [3.05, 3.63) is 10.6 Å². The topological polar surface area (TPSA) is 63.6 Å². The number of rotatable bonds is 5. The molecule has 17 heavy (non-hydrogen) atoms. The quantitative estimate of drug-likeness (QED) is 0.626. The Balaban J connectivity index is 2.65. The third kappa shape index (κ3) is 3.09. The van der Waals surface area contributed by atoms with Crippen molar-refractivity contribution in [3.8, 4) is 0 Å². The fraction of sp³-hybridized carbons (Fsp3) is 0.667. The molecular weight excluding hydrogens is 288 g/mol. The first-order valence-electron chi connectivity index (χ1n) is 5.59. The van der Waals surface area contributed by atoms with E-state index in [2.05, 4.69) is 15.9 Å². The van der Waals surface area contributed by atoms with Crippen molar-refractivity contribution in [1.82, 2.24) is 0 Å².